The Kier molecular flexibility index (Phi) is 4.99. The van der Waals surface area contributed by atoms with Crippen LogP contribution in [0, 0.1) is 5.92 Å². The lowest BCUT2D eigenvalue weighted by atomic mass is 9.94. The van der Waals surface area contributed by atoms with Crippen LogP contribution in [0.1, 0.15) is 13.3 Å². The summed E-state index contributed by atoms with van der Waals surface area (Å²) in [5, 5.41) is 7.62. The van der Waals surface area contributed by atoms with Gasteiger partial charge in [0.2, 0.25) is 0 Å². The monoisotopic (exact) mass is 340 g/mol. The highest BCUT2D eigenvalue weighted by molar-refractivity contribution is 9.10. The third-order valence-corrected chi connectivity index (χ3v) is 4.50. The van der Waals surface area contributed by atoms with E-state index >= 15 is 0 Å². The lowest BCUT2D eigenvalue weighted by Crippen LogP contribution is -2.43. The third-order valence-electron chi connectivity index (χ3n) is 3.74. The molecule has 0 spiro atoms. The predicted molar refractivity (Wildman–Crippen MR) is 85.1 cm³/mol. The number of nitrogens with one attached hydrogen (secondary N) is 1. The minimum atomic E-state index is -0.129. The normalized spacial score (nSPS) is 23.6. The highest BCUT2D eigenvalue weighted by Gasteiger charge is 2.25. The fraction of sp³-hybridized carbons (Fsp3) is 0.571. The van der Waals surface area contributed by atoms with Crippen molar-refractivity contribution < 1.29 is 0 Å². The largest absolute Gasteiger partial charge is 0.380 e. The molecule has 0 bridgehead atoms. The standard InChI is InChI=1S/C14H21BrN4O/c1-4-6-19-14(20)13(15)12(8-16-19)17-11-5-7-18(3)9-10(11)2/h4,8,10-11,17H,1,5-7,9H2,2-3H3. The van der Waals surface area contributed by atoms with Gasteiger partial charge in [0.05, 0.1) is 18.4 Å². The van der Waals surface area contributed by atoms with E-state index in [-0.39, 0.29) is 5.56 Å². The van der Waals surface area contributed by atoms with Crippen LogP contribution in [0.4, 0.5) is 5.69 Å². The molecule has 0 saturated carbocycles. The topological polar surface area (TPSA) is 50.2 Å². The molecule has 2 unspecified atom stereocenters. The number of rotatable bonds is 4. The summed E-state index contributed by atoms with van der Waals surface area (Å²) in [6, 6.07) is 0.374. The Morgan fingerprint density at radius 2 is 2.40 bits per heavy atom. The Morgan fingerprint density at radius 3 is 3.05 bits per heavy atom. The van der Waals surface area contributed by atoms with Gasteiger partial charge in [0.25, 0.3) is 5.56 Å². The van der Waals surface area contributed by atoms with E-state index in [2.05, 4.69) is 51.8 Å². The minimum absolute atomic E-state index is 0.129. The Hall–Kier alpha value is -1.14. The lowest BCUT2D eigenvalue weighted by molar-refractivity contribution is 0.206. The van der Waals surface area contributed by atoms with Crippen LogP contribution in [0.3, 0.4) is 0 Å². The number of hydrogen-bond acceptors (Lipinski definition) is 4. The summed E-state index contributed by atoms with van der Waals surface area (Å²) in [5.74, 6) is 0.538. The van der Waals surface area contributed by atoms with Gasteiger partial charge in [-0.1, -0.05) is 13.0 Å². The first-order valence-electron chi connectivity index (χ1n) is 6.84. The van der Waals surface area contributed by atoms with Gasteiger partial charge in [-0.15, -0.1) is 6.58 Å². The van der Waals surface area contributed by atoms with E-state index in [9.17, 15) is 4.79 Å². The molecule has 0 aromatic carbocycles. The Bertz CT molecular complexity index is 542. The fourth-order valence-electron chi connectivity index (χ4n) is 2.59. The maximum absolute atomic E-state index is 12.1. The Morgan fingerprint density at radius 1 is 1.65 bits per heavy atom. The number of nitrogens with zero attached hydrogens (tertiary/aromatic N) is 3. The number of aromatic nitrogens is 2. The zero-order chi connectivity index (χ0) is 14.7. The summed E-state index contributed by atoms with van der Waals surface area (Å²) in [7, 11) is 2.14. The molecule has 5 nitrogen and oxygen atoms in total. The molecular formula is C14H21BrN4O. The van der Waals surface area contributed by atoms with Gasteiger partial charge in [0.1, 0.15) is 4.47 Å². The van der Waals surface area contributed by atoms with E-state index in [1.807, 2.05) is 0 Å². The molecule has 1 aromatic rings. The average molecular weight is 341 g/mol. The molecule has 6 heteroatoms. The maximum atomic E-state index is 12.1. The predicted octanol–water partition coefficient (Wildman–Crippen LogP) is 1.94. The number of likely N-dealkylation sites (tertiary alicyclic amines) is 1. The van der Waals surface area contributed by atoms with E-state index in [0.29, 0.717) is 23.0 Å². The van der Waals surface area contributed by atoms with Gasteiger partial charge in [0.15, 0.2) is 0 Å². The fourth-order valence-corrected chi connectivity index (χ4v) is 3.01. The van der Waals surface area contributed by atoms with Crippen LogP contribution in [0.2, 0.25) is 0 Å². The molecule has 2 heterocycles. The van der Waals surface area contributed by atoms with Gasteiger partial charge in [-0.25, -0.2) is 4.68 Å². The number of piperidine rings is 1. The molecule has 1 aliphatic heterocycles. The van der Waals surface area contributed by atoms with Gasteiger partial charge >= 0.3 is 0 Å². The summed E-state index contributed by atoms with van der Waals surface area (Å²) >= 11 is 3.38. The van der Waals surface area contributed by atoms with Crippen LogP contribution in [0.15, 0.2) is 28.1 Å². The molecule has 20 heavy (non-hydrogen) atoms. The van der Waals surface area contributed by atoms with Gasteiger partial charge in [-0.05, 0) is 41.9 Å². The molecule has 1 aliphatic rings. The first-order valence-corrected chi connectivity index (χ1v) is 7.63. The second-order valence-electron chi connectivity index (χ2n) is 5.43. The molecule has 110 valence electrons. The molecule has 1 fully saturated rings. The van der Waals surface area contributed by atoms with E-state index in [1.54, 1.807) is 12.3 Å². The van der Waals surface area contributed by atoms with E-state index in [4.69, 9.17) is 0 Å². The minimum Gasteiger partial charge on any atom is -0.380 e. The zero-order valence-electron chi connectivity index (χ0n) is 12.0. The molecule has 2 rings (SSSR count). The van der Waals surface area contributed by atoms with Crippen molar-refractivity contribution in [2.45, 2.75) is 25.9 Å². The van der Waals surface area contributed by atoms with E-state index < -0.39 is 0 Å². The molecule has 1 aromatic heterocycles. The van der Waals surface area contributed by atoms with Gasteiger partial charge in [-0.2, -0.15) is 5.10 Å². The first kappa shape index (κ1) is 15.3. The van der Waals surface area contributed by atoms with Crippen molar-refractivity contribution in [1.29, 1.82) is 0 Å². The highest BCUT2D eigenvalue weighted by atomic mass is 79.9. The first-order chi connectivity index (χ1) is 9.52. The number of anilines is 1. The van der Waals surface area contributed by atoms with Crippen LogP contribution < -0.4 is 10.9 Å². The van der Waals surface area contributed by atoms with Crippen molar-refractivity contribution in [2.75, 3.05) is 25.5 Å². The molecule has 0 amide bonds. The Balaban J connectivity index is 2.16. The van der Waals surface area contributed by atoms with E-state index in [1.165, 1.54) is 4.68 Å². The maximum Gasteiger partial charge on any atom is 0.283 e. The summed E-state index contributed by atoms with van der Waals surface area (Å²) in [4.78, 5) is 14.4. The van der Waals surface area contributed by atoms with Crippen molar-refractivity contribution >= 4 is 21.6 Å². The SMILES string of the molecule is C=CCn1ncc(NC2CCN(C)CC2C)c(Br)c1=O. The van der Waals surface area contributed by atoms with Gasteiger partial charge in [-0.3, -0.25) is 4.79 Å². The summed E-state index contributed by atoms with van der Waals surface area (Å²) in [5.41, 5.74) is 0.646. The second-order valence-corrected chi connectivity index (χ2v) is 6.22. The summed E-state index contributed by atoms with van der Waals surface area (Å²) in [6.07, 6.45) is 4.44. The summed E-state index contributed by atoms with van der Waals surface area (Å²) < 4.78 is 1.93. The van der Waals surface area contributed by atoms with Crippen molar-refractivity contribution in [1.82, 2.24) is 14.7 Å². The number of hydrogen-bond donors (Lipinski definition) is 1. The van der Waals surface area contributed by atoms with Crippen LogP contribution in [0.25, 0.3) is 0 Å². The average Bonchev–Trinajstić information content (AvgIpc) is 2.41. The summed E-state index contributed by atoms with van der Waals surface area (Å²) in [6.45, 7) is 8.41. The molecule has 1 N–H and O–H groups in total. The van der Waals surface area contributed by atoms with Crippen LogP contribution in [-0.2, 0) is 6.54 Å². The van der Waals surface area contributed by atoms with Crippen LogP contribution in [-0.4, -0.2) is 40.9 Å². The van der Waals surface area contributed by atoms with Crippen molar-refractivity contribution in [3.8, 4) is 0 Å². The van der Waals surface area contributed by atoms with Crippen molar-refractivity contribution in [3.05, 3.63) is 33.7 Å². The van der Waals surface area contributed by atoms with Gasteiger partial charge < -0.3 is 10.2 Å². The van der Waals surface area contributed by atoms with E-state index in [0.717, 1.165) is 25.2 Å². The third kappa shape index (κ3) is 3.30. The van der Waals surface area contributed by atoms with Gasteiger partial charge in [0, 0.05) is 12.6 Å². The number of allylic oxidation sites excluding steroid dienone is 1. The number of halogens is 1. The molecule has 0 radical (unpaired) electrons. The molecule has 2 atom stereocenters. The second kappa shape index (κ2) is 6.54. The quantitative estimate of drug-likeness (QED) is 0.851. The molecule has 1 saturated heterocycles. The highest BCUT2D eigenvalue weighted by Crippen LogP contribution is 2.23. The molecule has 0 aliphatic carbocycles. The van der Waals surface area contributed by atoms with Crippen LogP contribution >= 0.6 is 15.9 Å². The Labute approximate surface area is 127 Å². The smallest absolute Gasteiger partial charge is 0.283 e. The van der Waals surface area contributed by atoms with Crippen molar-refractivity contribution in [2.24, 2.45) is 5.92 Å². The molecular weight excluding hydrogens is 320 g/mol. The van der Waals surface area contributed by atoms with Crippen LogP contribution in [0.5, 0.6) is 0 Å². The zero-order valence-corrected chi connectivity index (χ0v) is 13.6. The van der Waals surface area contributed by atoms with Crippen molar-refractivity contribution in [3.63, 3.8) is 0 Å². The lowest BCUT2D eigenvalue weighted by Gasteiger charge is -2.35.